The zero-order valence-corrected chi connectivity index (χ0v) is 24.3. The number of methoxy groups -OCH3 is 2. The summed E-state index contributed by atoms with van der Waals surface area (Å²) in [5.41, 5.74) is 5.28. The number of carbonyl (C=O) groups excluding carboxylic acids is 1. The van der Waals surface area contributed by atoms with Gasteiger partial charge in [0.05, 0.1) is 36.4 Å². The van der Waals surface area contributed by atoms with Crippen molar-refractivity contribution in [3.63, 3.8) is 0 Å². The fourth-order valence-corrected chi connectivity index (χ4v) is 5.79. The number of hydrogen-bond donors (Lipinski definition) is 1. The molecule has 41 heavy (non-hydrogen) atoms. The smallest absolute Gasteiger partial charge is 0.239 e. The summed E-state index contributed by atoms with van der Waals surface area (Å²) < 4.78 is 10.6. The van der Waals surface area contributed by atoms with Gasteiger partial charge in [0, 0.05) is 22.1 Å². The molecule has 0 aliphatic heterocycles. The molecule has 0 saturated heterocycles. The average molecular weight is 579 g/mol. The molecule has 3 aromatic carbocycles. The van der Waals surface area contributed by atoms with Crippen molar-refractivity contribution in [3.8, 4) is 51.2 Å². The molecule has 0 radical (unpaired) electrons. The molecule has 2 heterocycles. The first-order chi connectivity index (χ1) is 20.0. The molecular weight excluding hydrogens is 553 g/mol. The molecule has 5 rings (SSSR count). The lowest BCUT2D eigenvalue weighted by molar-refractivity contribution is -0.115. The number of rotatable bonds is 9. The first-order valence-corrected chi connectivity index (χ1v) is 14.5. The first kappa shape index (κ1) is 27.9. The highest BCUT2D eigenvalue weighted by molar-refractivity contribution is 8.00. The Hall–Kier alpha value is -4.65. The highest BCUT2D eigenvalue weighted by Crippen LogP contribution is 2.37. The van der Waals surface area contributed by atoms with E-state index in [9.17, 15) is 10.1 Å². The molecule has 0 spiro atoms. The van der Waals surface area contributed by atoms with Crippen LogP contribution in [-0.4, -0.2) is 35.3 Å². The molecule has 7 nitrogen and oxygen atoms in total. The molecule has 1 atom stereocenters. The molecule has 1 unspecified atom stereocenters. The Morgan fingerprint density at radius 3 is 2.32 bits per heavy atom. The summed E-state index contributed by atoms with van der Waals surface area (Å²) in [7, 11) is 3.23. The van der Waals surface area contributed by atoms with Crippen LogP contribution in [0.3, 0.4) is 0 Å². The number of aromatic nitrogens is 2. The SMILES string of the molecule is COc1ccc(-c2cc(-c3ccccc3)nc(SC(C)C(=O)Nc3nc(-c4cccc(OC)c4)cs3)c2C#N)cc1. The molecule has 0 bridgehead atoms. The molecule has 204 valence electrons. The number of nitrogens with zero attached hydrogens (tertiary/aromatic N) is 3. The van der Waals surface area contributed by atoms with Crippen LogP contribution >= 0.6 is 23.1 Å². The topological polar surface area (TPSA) is 97.1 Å². The second-order valence-electron chi connectivity index (χ2n) is 8.96. The maximum absolute atomic E-state index is 13.2. The van der Waals surface area contributed by atoms with Crippen LogP contribution in [0.15, 0.2) is 95.3 Å². The van der Waals surface area contributed by atoms with Crippen molar-refractivity contribution in [2.45, 2.75) is 17.2 Å². The Bertz CT molecular complexity index is 1710. The van der Waals surface area contributed by atoms with Gasteiger partial charge in [0.15, 0.2) is 5.13 Å². The maximum Gasteiger partial charge on any atom is 0.239 e. The van der Waals surface area contributed by atoms with E-state index in [1.165, 1.54) is 23.1 Å². The zero-order chi connectivity index (χ0) is 28.8. The number of thioether (sulfide) groups is 1. The summed E-state index contributed by atoms with van der Waals surface area (Å²) in [5.74, 6) is 1.23. The summed E-state index contributed by atoms with van der Waals surface area (Å²) in [6.45, 7) is 1.79. The maximum atomic E-state index is 13.2. The number of amides is 1. The van der Waals surface area contributed by atoms with Gasteiger partial charge in [-0.3, -0.25) is 4.79 Å². The number of ether oxygens (including phenoxy) is 2. The second-order valence-corrected chi connectivity index (χ2v) is 11.1. The fourth-order valence-electron chi connectivity index (χ4n) is 4.14. The van der Waals surface area contributed by atoms with Gasteiger partial charge in [-0.25, -0.2) is 9.97 Å². The van der Waals surface area contributed by atoms with Crippen molar-refractivity contribution in [1.82, 2.24) is 9.97 Å². The van der Waals surface area contributed by atoms with Gasteiger partial charge in [-0.1, -0.05) is 66.4 Å². The predicted molar refractivity (Wildman–Crippen MR) is 164 cm³/mol. The van der Waals surface area contributed by atoms with Crippen molar-refractivity contribution < 1.29 is 14.3 Å². The van der Waals surface area contributed by atoms with Gasteiger partial charge < -0.3 is 14.8 Å². The quantitative estimate of drug-likeness (QED) is 0.180. The van der Waals surface area contributed by atoms with E-state index in [1.807, 2.05) is 90.3 Å². The van der Waals surface area contributed by atoms with Gasteiger partial charge in [0.1, 0.15) is 22.6 Å². The molecule has 0 saturated carbocycles. The van der Waals surface area contributed by atoms with E-state index in [0.29, 0.717) is 21.4 Å². The third-order valence-electron chi connectivity index (χ3n) is 6.33. The summed E-state index contributed by atoms with van der Waals surface area (Å²) in [4.78, 5) is 22.7. The average Bonchev–Trinajstić information content (AvgIpc) is 3.49. The van der Waals surface area contributed by atoms with E-state index in [1.54, 1.807) is 21.1 Å². The minimum atomic E-state index is -0.548. The van der Waals surface area contributed by atoms with E-state index in [-0.39, 0.29) is 5.91 Å². The van der Waals surface area contributed by atoms with Crippen molar-refractivity contribution >= 4 is 34.1 Å². The van der Waals surface area contributed by atoms with Gasteiger partial charge in [-0.2, -0.15) is 5.26 Å². The fraction of sp³-hybridized carbons (Fsp3) is 0.125. The van der Waals surface area contributed by atoms with Crippen LogP contribution in [0.2, 0.25) is 0 Å². The van der Waals surface area contributed by atoms with Crippen molar-refractivity contribution in [3.05, 3.63) is 95.9 Å². The van der Waals surface area contributed by atoms with Gasteiger partial charge in [-0.05, 0) is 42.8 Å². The van der Waals surface area contributed by atoms with Gasteiger partial charge in [0.2, 0.25) is 5.91 Å². The van der Waals surface area contributed by atoms with Crippen LogP contribution in [0.4, 0.5) is 5.13 Å². The van der Waals surface area contributed by atoms with E-state index < -0.39 is 5.25 Å². The molecule has 0 aliphatic rings. The lowest BCUT2D eigenvalue weighted by atomic mass is 9.99. The van der Waals surface area contributed by atoms with E-state index in [0.717, 1.165) is 39.4 Å². The predicted octanol–water partition coefficient (Wildman–Crippen LogP) is 7.55. The Morgan fingerprint density at radius 1 is 0.878 bits per heavy atom. The van der Waals surface area contributed by atoms with Crippen molar-refractivity contribution in [2.75, 3.05) is 19.5 Å². The first-order valence-electron chi connectivity index (χ1n) is 12.7. The van der Waals surface area contributed by atoms with Gasteiger partial charge in [-0.15, -0.1) is 11.3 Å². The molecule has 1 N–H and O–H groups in total. The Labute approximate surface area is 246 Å². The van der Waals surface area contributed by atoms with Crippen molar-refractivity contribution in [2.24, 2.45) is 0 Å². The third-order valence-corrected chi connectivity index (χ3v) is 8.17. The molecule has 1 amide bonds. The van der Waals surface area contributed by atoms with Gasteiger partial charge >= 0.3 is 0 Å². The third kappa shape index (κ3) is 6.40. The molecule has 9 heteroatoms. The highest BCUT2D eigenvalue weighted by atomic mass is 32.2. The van der Waals surface area contributed by atoms with Crippen LogP contribution in [0.5, 0.6) is 11.5 Å². The minimum Gasteiger partial charge on any atom is -0.497 e. The summed E-state index contributed by atoms with van der Waals surface area (Å²) in [6.07, 6.45) is 0. The number of hydrogen-bond acceptors (Lipinski definition) is 8. The molecule has 2 aromatic heterocycles. The Kier molecular flexibility index (Phi) is 8.63. The number of benzene rings is 3. The van der Waals surface area contributed by atoms with Crippen LogP contribution in [-0.2, 0) is 4.79 Å². The Balaban J connectivity index is 1.42. The summed E-state index contributed by atoms with van der Waals surface area (Å²) >= 11 is 2.59. The van der Waals surface area contributed by atoms with Crippen LogP contribution < -0.4 is 14.8 Å². The molecule has 5 aromatic rings. The molecule has 0 aliphatic carbocycles. The number of carbonyl (C=O) groups is 1. The van der Waals surface area contributed by atoms with E-state index >= 15 is 0 Å². The lowest BCUT2D eigenvalue weighted by Crippen LogP contribution is -2.22. The van der Waals surface area contributed by atoms with E-state index in [4.69, 9.17) is 14.5 Å². The molecular formula is C32H26N4O3S2. The number of pyridine rings is 1. The normalized spacial score (nSPS) is 11.4. The van der Waals surface area contributed by atoms with Crippen LogP contribution in [0.25, 0.3) is 33.6 Å². The number of nitrogens with one attached hydrogen (secondary N) is 1. The largest absolute Gasteiger partial charge is 0.497 e. The molecule has 0 fully saturated rings. The second kappa shape index (κ2) is 12.7. The van der Waals surface area contributed by atoms with Gasteiger partial charge in [0.25, 0.3) is 0 Å². The van der Waals surface area contributed by atoms with Crippen molar-refractivity contribution in [1.29, 1.82) is 5.26 Å². The summed E-state index contributed by atoms with van der Waals surface area (Å²) in [6, 6.07) is 29.2. The summed E-state index contributed by atoms with van der Waals surface area (Å²) in [5, 5.41) is 15.4. The number of anilines is 1. The lowest BCUT2D eigenvalue weighted by Gasteiger charge is -2.15. The zero-order valence-electron chi connectivity index (χ0n) is 22.6. The standard InChI is InChI=1S/C32H26N4O3S2/c1-20(30(37)36-32-35-29(19-40-32)23-10-7-11-25(16-23)39-3)41-31-27(18-33)26(21-12-14-24(38-2)15-13-21)17-28(34-31)22-8-5-4-6-9-22/h4-17,19-20H,1-3H3,(H,35,36,37). The van der Waals surface area contributed by atoms with E-state index in [2.05, 4.69) is 16.4 Å². The number of nitriles is 1. The number of thiazole rings is 1. The Morgan fingerprint density at radius 2 is 1.61 bits per heavy atom. The van der Waals surface area contributed by atoms with Crippen LogP contribution in [0.1, 0.15) is 12.5 Å². The monoisotopic (exact) mass is 578 g/mol. The minimum absolute atomic E-state index is 0.233. The van der Waals surface area contributed by atoms with Crippen LogP contribution in [0, 0.1) is 11.3 Å². The highest BCUT2D eigenvalue weighted by Gasteiger charge is 2.22.